The molecule has 28 heavy (non-hydrogen) atoms. The van der Waals surface area contributed by atoms with Gasteiger partial charge in [-0.15, -0.1) is 11.3 Å². The normalized spacial score (nSPS) is 16.2. The van der Waals surface area contributed by atoms with Gasteiger partial charge < -0.3 is 20.3 Å². The molecule has 158 valence electrons. The van der Waals surface area contributed by atoms with E-state index in [1.165, 1.54) is 4.88 Å². The first kappa shape index (κ1) is 22.4. The molecule has 0 unspecified atom stereocenters. The van der Waals surface area contributed by atoms with E-state index in [2.05, 4.69) is 25.5 Å². The number of aromatic nitrogens is 1. The summed E-state index contributed by atoms with van der Waals surface area (Å²) in [5.74, 6) is 0.790. The zero-order valence-corrected chi connectivity index (χ0v) is 18.8. The fraction of sp³-hybridized carbons (Fsp3) is 0.737. The molecule has 9 heteroatoms. The highest BCUT2D eigenvalue weighted by Gasteiger charge is 2.25. The van der Waals surface area contributed by atoms with Gasteiger partial charge in [0.15, 0.2) is 5.96 Å². The molecule has 1 aromatic rings. The lowest BCUT2D eigenvalue weighted by Gasteiger charge is -2.35. The second-order valence-corrected chi connectivity index (χ2v) is 9.19. The van der Waals surface area contributed by atoms with Crippen LogP contribution in [0.2, 0.25) is 0 Å². The van der Waals surface area contributed by atoms with Gasteiger partial charge in [-0.2, -0.15) is 0 Å². The zero-order chi connectivity index (χ0) is 20.7. The Kier molecular flexibility index (Phi) is 8.06. The number of carbonyl (C=O) groups is 1. The molecular weight excluding hydrogens is 376 g/mol. The number of aryl methyl sites for hydroxylation is 2. The number of hydrogen-bond donors (Lipinski definition) is 2. The van der Waals surface area contributed by atoms with Gasteiger partial charge in [-0.25, -0.2) is 9.78 Å². The van der Waals surface area contributed by atoms with E-state index < -0.39 is 5.60 Å². The van der Waals surface area contributed by atoms with Crippen LogP contribution in [0.25, 0.3) is 0 Å². The van der Waals surface area contributed by atoms with Crippen molar-refractivity contribution < 1.29 is 9.53 Å². The Labute approximate surface area is 172 Å². The van der Waals surface area contributed by atoms with Crippen LogP contribution in [-0.4, -0.2) is 78.8 Å². The van der Waals surface area contributed by atoms with E-state index in [4.69, 9.17) is 4.74 Å². The molecule has 0 spiro atoms. The summed E-state index contributed by atoms with van der Waals surface area (Å²) in [6.07, 6.45) is -0.219. The van der Waals surface area contributed by atoms with E-state index in [1.54, 1.807) is 23.3 Å². The Bertz CT molecular complexity index is 674. The fourth-order valence-corrected chi connectivity index (χ4v) is 3.81. The van der Waals surface area contributed by atoms with Crippen LogP contribution in [-0.2, 0) is 11.3 Å². The lowest BCUT2D eigenvalue weighted by Crippen LogP contribution is -2.51. The van der Waals surface area contributed by atoms with Crippen LogP contribution < -0.4 is 10.6 Å². The average Bonchev–Trinajstić information content (AvgIpc) is 2.94. The molecule has 1 fully saturated rings. The van der Waals surface area contributed by atoms with Gasteiger partial charge in [0.05, 0.1) is 17.2 Å². The molecule has 2 rings (SSSR count). The minimum Gasteiger partial charge on any atom is -0.444 e. The third-order valence-electron chi connectivity index (χ3n) is 4.38. The van der Waals surface area contributed by atoms with Crippen molar-refractivity contribution in [3.8, 4) is 0 Å². The summed E-state index contributed by atoms with van der Waals surface area (Å²) in [4.78, 5) is 26.2. The number of nitrogens with zero attached hydrogens (tertiary/aromatic N) is 4. The standard InChI is InChI=1S/C19H34N6O2S/c1-14-16(28-15(2)23-14)13-22-17(20-6)21-7-8-24-9-11-25(12-10-24)18(26)27-19(3,4)5/h7-13H2,1-6H3,(H2,20,21,22). The molecule has 1 aliphatic heterocycles. The summed E-state index contributed by atoms with van der Waals surface area (Å²) >= 11 is 1.71. The van der Waals surface area contributed by atoms with Crippen molar-refractivity contribution in [2.45, 2.75) is 46.8 Å². The van der Waals surface area contributed by atoms with Gasteiger partial charge in [0.1, 0.15) is 5.60 Å². The van der Waals surface area contributed by atoms with Crippen molar-refractivity contribution in [3.63, 3.8) is 0 Å². The maximum absolute atomic E-state index is 12.1. The lowest BCUT2D eigenvalue weighted by molar-refractivity contribution is 0.0147. The van der Waals surface area contributed by atoms with Crippen LogP contribution in [0.4, 0.5) is 4.79 Å². The molecule has 0 aliphatic carbocycles. The number of rotatable bonds is 5. The smallest absolute Gasteiger partial charge is 0.410 e. The van der Waals surface area contributed by atoms with Crippen LogP contribution in [0.15, 0.2) is 4.99 Å². The van der Waals surface area contributed by atoms with E-state index in [-0.39, 0.29) is 6.09 Å². The van der Waals surface area contributed by atoms with E-state index in [0.29, 0.717) is 13.1 Å². The number of guanidine groups is 1. The molecule has 0 aromatic carbocycles. The van der Waals surface area contributed by atoms with Crippen molar-refractivity contribution in [2.75, 3.05) is 46.3 Å². The third-order valence-corrected chi connectivity index (χ3v) is 5.46. The first-order chi connectivity index (χ1) is 13.2. The predicted octanol–water partition coefficient (Wildman–Crippen LogP) is 1.98. The maximum atomic E-state index is 12.1. The van der Waals surface area contributed by atoms with Gasteiger partial charge in [-0.1, -0.05) is 0 Å². The van der Waals surface area contributed by atoms with Crippen LogP contribution in [0.5, 0.6) is 0 Å². The molecule has 1 aromatic heterocycles. The maximum Gasteiger partial charge on any atom is 0.410 e. The van der Waals surface area contributed by atoms with Crippen LogP contribution in [0.3, 0.4) is 0 Å². The average molecular weight is 411 g/mol. The van der Waals surface area contributed by atoms with Gasteiger partial charge in [-0.3, -0.25) is 9.89 Å². The number of piperazine rings is 1. The van der Waals surface area contributed by atoms with Crippen LogP contribution in [0, 0.1) is 13.8 Å². The SMILES string of the molecule is CN=C(NCCN1CCN(C(=O)OC(C)(C)C)CC1)NCc1sc(C)nc1C. The van der Waals surface area contributed by atoms with E-state index in [1.807, 2.05) is 34.6 Å². The molecule has 1 amide bonds. The van der Waals surface area contributed by atoms with Crippen LogP contribution in [0.1, 0.15) is 36.3 Å². The fourth-order valence-electron chi connectivity index (χ4n) is 2.94. The molecule has 1 saturated heterocycles. The topological polar surface area (TPSA) is 82.1 Å². The Morgan fingerprint density at radius 2 is 1.89 bits per heavy atom. The third kappa shape index (κ3) is 7.27. The molecular formula is C19H34N6O2S. The van der Waals surface area contributed by atoms with Gasteiger partial charge in [0, 0.05) is 51.2 Å². The van der Waals surface area contributed by atoms with Gasteiger partial charge >= 0.3 is 6.09 Å². The molecule has 1 aliphatic rings. The largest absolute Gasteiger partial charge is 0.444 e. The predicted molar refractivity (Wildman–Crippen MR) is 114 cm³/mol. The Hall–Kier alpha value is -1.87. The molecule has 2 heterocycles. The van der Waals surface area contributed by atoms with Crippen molar-refractivity contribution in [2.24, 2.45) is 4.99 Å². The minimum atomic E-state index is -0.447. The summed E-state index contributed by atoms with van der Waals surface area (Å²) in [6, 6.07) is 0. The number of nitrogens with one attached hydrogen (secondary N) is 2. The number of ether oxygens (including phenoxy) is 1. The summed E-state index contributed by atoms with van der Waals surface area (Å²) in [6.45, 7) is 15.3. The zero-order valence-electron chi connectivity index (χ0n) is 18.0. The number of aliphatic imine (C=N–C) groups is 1. The molecule has 0 saturated carbocycles. The number of amides is 1. The van der Waals surface area contributed by atoms with Crippen molar-refractivity contribution in [3.05, 3.63) is 15.6 Å². The summed E-state index contributed by atoms with van der Waals surface area (Å²) in [5.41, 5.74) is 0.630. The quantitative estimate of drug-likeness (QED) is 0.571. The highest BCUT2D eigenvalue weighted by atomic mass is 32.1. The molecule has 0 radical (unpaired) electrons. The monoisotopic (exact) mass is 410 g/mol. The van der Waals surface area contributed by atoms with E-state index >= 15 is 0 Å². The highest BCUT2D eigenvalue weighted by Crippen LogP contribution is 2.16. The lowest BCUT2D eigenvalue weighted by atomic mass is 10.2. The first-order valence-corrected chi connectivity index (χ1v) is 10.6. The Morgan fingerprint density at radius 3 is 2.43 bits per heavy atom. The van der Waals surface area contributed by atoms with Gasteiger partial charge in [0.25, 0.3) is 0 Å². The number of carbonyl (C=O) groups excluding carboxylic acids is 1. The minimum absolute atomic E-state index is 0.219. The second kappa shape index (κ2) is 10.1. The highest BCUT2D eigenvalue weighted by molar-refractivity contribution is 7.11. The Morgan fingerprint density at radius 1 is 1.21 bits per heavy atom. The summed E-state index contributed by atoms with van der Waals surface area (Å²) in [5, 5.41) is 7.78. The molecule has 2 N–H and O–H groups in total. The number of thiazole rings is 1. The second-order valence-electron chi connectivity index (χ2n) is 7.90. The molecule has 0 atom stereocenters. The van der Waals surface area contributed by atoms with Crippen molar-refractivity contribution >= 4 is 23.4 Å². The summed E-state index contributed by atoms with van der Waals surface area (Å²) < 4.78 is 5.44. The van der Waals surface area contributed by atoms with Crippen LogP contribution >= 0.6 is 11.3 Å². The number of hydrogen-bond acceptors (Lipinski definition) is 6. The summed E-state index contributed by atoms with van der Waals surface area (Å²) in [7, 11) is 1.78. The van der Waals surface area contributed by atoms with Gasteiger partial charge in [0.2, 0.25) is 0 Å². The Balaban J connectivity index is 1.66. The van der Waals surface area contributed by atoms with Gasteiger partial charge in [-0.05, 0) is 34.6 Å². The molecule has 8 nitrogen and oxygen atoms in total. The van der Waals surface area contributed by atoms with Crippen molar-refractivity contribution in [1.29, 1.82) is 0 Å². The van der Waals surface area contributed by atoms with E-state index in [0.717, 1.165) is 49.4 Å². The van der Waals surface area contributed by atoms with Crippen molar-refractivity contribution in [1.82, 2.24) is 25.4 Å². The molecule has 0 bridgehead atoms. The first-order valence-electron chi connectivity index (χ1n) is 9.75. The van der Waals surface area contributed by atoms with E-state index in [9.17, 15) is 4.79 Å².